The molecular formula is C16H11FI2N2O. The minimum Gasteiger partial charge on any atom is -0.442 e. The van der Waals surface area contributed by atoms with Crippen molar-refractivity contribution in [2.24, 2.45) is 0 Å². The molecule has 0 aliphatic rings. The summed E-state index contributed by atoms with van der Waals surface area (Å²) in [6.07, 6.45) is 0. The van der Waals surface area contributed by atoms with Gasteiger partial charge in [-0.15, -0.1) is 0 Å². The van der Waals surface area contributed by atoms with Crippen molar-refractivity contribution in [2.45, 2.75) is 1.87 Å². The molecule has 0 spiro atoms. The number of alkyl halides is 3. The zero-order chi connectivity index (χ0) is 15.6. The number of nitrogens with one attached hydrogen (secondary N) is 1. The quantitative estimate of drug-likeness (QED) is 0.349. The Morgan fingerprint density at radius 1 is 0.955 bits per heavy atom. The number of anilines is 2. The molecule has 0 aliphatic heterocycles. The molecule has 1 heterocycles. The highest BCUT2D eigenvalue weighted by molar-refractivity contribution is 14.2. The summed E-state index contributed by atoms with van der Waals surface area (Å²) in [6.45, 7) is 0. The van der Waals surface area contributed by atoms with Gasteiger partial charge in [0.15, 0.2) is 0 Å². The molecular weight excluding hydrogens is 509 g/mol. The number of nitrogens with zero attached hydrogens (tertiary/aromatic N) is 1. The van der Waals surface area contributed by atoms with Gasteiger partial charge < -0.3 is 10.1 Å². The molecule has 2 aromatic carbocycles. The average Bonchev–Trinajstić information content (AvgIpc) is 2.48. The molecule has 0 amide bonds. The number of halogens is 3. The van der Waals surface area contributed by atoms with E-state index in [4.69, 9.17) is 4.74 Å². The van der Waals surface area contributed by atoms with E-state index in [-0.39, 0.29) is 0 Å². The molecule has 0 saturated heterocycles. The first-order valence-corrected chi connectivity index (χ1v) is 8.64. The summed E-state index contributed by atoms with van der Waals surface area (Å²) in [5, 5.41) is 4.32. The maximum Gasteiger partial charge on any atom is 0.350 e. The van der Waals surface area contributed by atoms with Gasteiger partial charge in [0.2, 0.25) is 0 Å². The third kappa shape index (κ3) is 4.19. The first-order chi connectivity index (χ1) is 10.5. The summed E-state index contributed by atoms with van der Waals surface area (Å²) in [6, 6.07) is 19.0. The lowest BCUT2D eigenvalue weighted by Crippen LogP contribution is -2.11. The molecule has 3 aromatic rings. The Morgan fingerprint density at radius 3 is 2.41 bits per heavy atom. The van der Waals surface area contributed by atoms with Crippen LogP contribution in [0.3, 0.4) is 0 Å². The van der Waals surface area contributed by atoms with Gasteiger partial charge in [0.05, 0.1) is 5.52 Å². The molecule has 1 aromatic heterocycles. The van der Waals surface area contributed by atoms with Gasteiger partial charge in [-0.2, -0.15) is 4.39 Å². The van der Waals surface area contributed by atoms with E-state index in [0.29, 0.717) is 5.75 Å². The van der Waals surface area contributed by atoms with Crippen molar-refractivity contribution < 1.29 is 9.13 Å². The van der Waals surface area contributed by atoms with Crippen LogP contribution in [0.5, 0.6) is 5.75 Å². The largest absolute Gasteiger partial charge is 0.442 e. The number of para-hydroxylation sites is 1. The van der Waals surface area contributed by atoms with Crippen LogP contribution in [0.4, 0.5) is 15.9 Å². The van der Waals surface area contributed by atoms with Crippen molar-refractivity contribution in [3.05, 3.63) is 60.7 Å². The highest BCUT2D eigenvalue weighted by Gasteiger charge is 2.21. The predicted molar refractivity (Wildman–Crippen MR) is 104 cm³/mol. The number of rotatable bonds is 4. The van der Waals surface area contributed by atoms with Gasteiger partial charge in [-0.3, -0.25) is 0 Å². The molecule has 0 unspecified atom stereocenters. The fourth-order valence-corrected chi connectivity index (χ4v) is 2.53. The van der Waals surface area contributed by atoms with Gasteiger partial charge in [-0.25, -0.2) is 4.98 Å². The summed E-state index contributed by atoms with van der Waals surface area (Å²) in [5.41, 5.74) is 1.80. The number of benzene rings is 2. The molecule has 0 aliphatic carbocycles. The Bertz CT molecular complexity index is 788. The van der Waals surface area contributed by atoms with Crippen LogP contribution in [0.15, 0.2) is 60.7 Å². The maximum absolute atomic E-state index is 13.4. The molecule has 0 saturated carbocycles. The van der Waals surface area contributed by atoms with Crippen molar-refractivity contribution >= 4 is 67.6 Å². The molecule has 0 radical (unpaired) electrons. The highest BCUT2D eigenvalue weighted by Crippen LogP contribution is 2.33. The lowest BCUT2D eigenvalue weighted by atomic mass is 10.2. The zero-order valence-electron chi connectivity index (χ0n) is 11.3. The summed E-state index contributed by atoms with van der Waals surface area (Å²) >= 11 is 3.17. The van der Waals surface area contributed by atoms with Gasteiger partial charge in [-0.1, -0.05) is 18.2 Å². The Hall–Kier alpha value is -1.16. The van der Waals surface area contributed by atoms with Crippen molar-refractivity contribution in [2.75, 3.05) is 5.32 Å². The third-order valence-corrected chi connectivity index (χ3v) is 3.40. The standard InChI is InChI=1S/C16H11FI2N2O/c17-16(18,19)22-13-8-6-12(7-9-13)20-15-10-5-11-3-1-2-4-14(11)21-15/h1-10H,(H,20,21). The van der Waals surface area contributed by atoms with E-state index >= 15 is 0 Å². The lowest BCUT2D eigenvalue weighted by molar-refractivity contribution is 0.154. The fourth-order valence-electron chi connectivity index (χ4n) is 2.02. The van der Waals surface area contributed by atoms with Crippen LogP contribution in [-0.2, 0) is 0 Å². The lowest BCUT2D eigenvalue weighted by Gasteiger charge is -2.14. The second kappa shape index (κ2) is 6.53. The normalized spacial score (nSPS) is 11.4. The van der Waals surface area contributed by atoms with E-state index in [1.807, 2.05) is 48.5 Å². The minimum atomic E-state index is -1.75. The van der Waals surface area contributed by atoms with Crippen molar-refractivity contribution in [1.29, 1.82) is 0 Å². The number of hydrogen-bond donors (Lipinski definition) is 1. The minimum absolute atomic E-state index is 0.475. The van der Waals surface area contributed by atoms with Gasteiger partial charge in [0, 0.05) is 56.3 Å². The number of pyridine rings is 1. The Labute approximate surface area is 154 Å². The van der Waals surface area contributed by atoms with Crippen molar-refractivity contribution in [1.82, 2.24) is 4.98 Å². The van der Waals surface area contributed by atoms with E-state index in [1.165, 1.54) is 0 Å². The van der Waals surface area contributed by atoms with Gasteiger partial charge >= 0.3 is 1.87 Å². The molecule has 1 N–H and O–H groups in total. The molecule has 3 nitrogen and oxygen atoms in total. The average molecular weight is 520 g/mol. The topological polar surface area (TPSA) is 34.1 Å². The Balaban J connectivity index is 1.77. The fraction of sp³-hybridized carbons (Fsp3) is 0.0625. The number of hydrogen-bond acceptors (Lipinski definition) is 3. The van der Waals surface area contributed by atoms with Crippen LogP contribution in [0, 0.1) is 0 Å². The Morgan fingerprint density at radius 2 is 1.68 bits per heavy atom. The molecule has 0 bridgehead atoms. The van der Waals surface area contributed by atoms with E-state index in [1.54, 1.807) is 57.3 Å². The monoisotopic (exact) mass is 520 g/mol. The van der Waals surface area contributed by atoms with E-state index in [9.17, 15) is 4.39 Å². The van der Waals surface area contributed by atoms with Crippen LogP contribution >= 0.6 is 45.2 Å². The first kappa shape index (κ1) is 15.7. The summed E-state index contributed by atoms with van der Waals surface area (Å²) in [7, 11) is 0. The van der Waals surface area contributed by atoms with Crippen LogP contribution in [0.2, 0.25) is 0 Å². The highest BCUT2D eigenvalue weighted by atomic mass is 127. The van der Waals surface area contributed by atoms with E-state index < -0.39 is 1.87 Å². The predicted octanol–water partition coefficient (Wildman–Crippen LogP) is 5.81. The summed E-state index contributed by atoms with van der Waals surface area (Å²) < 4.78 is 16.8. The number of fused-ring (bicyclic) bond motifs is 1. The van der Waals surface area contributed by atoms with Gasteiger partial charge in [0.25, 0.3) is 0 Å². The van der Waals surface area contributed by atoms with E-state index in [2.05, 4.69) is 10.3 Å². The molecule has 0 atom stereocenters. The molecule has 0 fully saturated rings. The third-order valence-electron chi connectivity index (χ3n) is 2.96. The zero-order valence-corrected chi connectivity index (χ0v) is 15.6. The van der Waals surface area contributed by atoms with Gasteiger partial charge in [0.1, 0.15) is 11.6 Å². The SMILES string of the molecule is FC(I)(I)Oc1ccc(Nc2ccc3ccccc3n2)cc1. The van der Waals surface area contributed by atoms with Crippen LogP contribution < -0.4 is 10.1 Å². The van der Waals surface area contributed by atoms with Crippen molar-refractivity contribution in [3.63, 3.8) is 0 Å². The summed E-state index contributed by atoms with van der Waals surface area (Å²) in [4.78, 5) is 4.55. The molecule has 112 valence electrons. The number of aromatic nitrogens is 1. The first-order valence-electron chi connectivity index (χ1n) is 6.48. The second-order valence-corrected chi connectivity index (χ2v) is 9.43. The maximum atomic E-state index is 13.4. The Kier molecular flexibility index (Phi) is 4.67. The summed E-state index contributed by atoms with van der Waals surface area (Å²) in [5.74, 6) is 1.23. The van der Waals surface area contributed by atoms with Crippen LogP contribution in [0.25, 0.3) is 10.9 Å². The van der Waals surface area contributed by atoms with Gasteiger partial charge in [-0.05, 0) is 42.5 Å². The molecule has 22 heavy (non-hydrogen) atoms. The van der Waals surface area contributed by atoms with E-state index in [0.717, 1.165) is 22.4 Å². The molecule has 3 rings (SSSR count). The number of ether oxygens (including phenoxy) is 1. The van der Waals surface area contributed by atoms with Crippen molar-refractivity contribution in [3.8, 4) is 5.75 Å². The van der Waals surface area contributed by atoms with Crippen LogP contribution in [-0.4, -0.2) is 6.85 Å². The molecule has 6 heteroatoms. The van der Waals surface area contributed by atoms with Crippen LogP contribution in [0.1, 0.15) is 0 Å². The second-order valence-electron chi connectivity index (χ2n) is 4.59. The smallest absolute Gasteiger partial charge is 0.350 e.